The van der Waals surface area contributed by atoms with Crippen LogP contribution in [0.1, 0.15) is 6.92 Å². The molecule has 0 radical (unpaired) electrons. The third-order valence-corrected chi connectivity index (χ3v) is 2.35. The summed E-state index contributed by atoms with van der Waals surface area (Å²) < 4.78 is 11.6. The van der Waals surface area contributed by atoms with E-state index >= 15 is 0 Å². The average molecular weight is 295 g/mol. The first-order valence-electron chi connectivity index (χ1n) is 5.16. The van der Waals surface area contributed by atoms with Gasteiger partial charge in [-0.15, -0.1) is 0 Å². The summed E-state index contributed by atoms with van der Waals surface area (Å²) in [6.45, 7) is 2.59. The third kappa shape index (κ3) is 3.42. The number of benzene rings is 1. The Morgan fingerprint density at radius 1 is 1.06 bits per heavy atom. The lowest BCUT2D eigenvalue weighted by molar-refractivity contribution is 0.339. The predicted octanol–water partition coefficient (Wildman–Crippen LogP) is 3.43. The fourth-order valence-corrected chi connectivity index (χ4v) is 1.43. The molecule has 0 aliphatic rings. The largest absolute Gasteiger partial charge is 0.494 e. The number of aromatic nitrogens is 2. The van der Waals surface area contributed by atoms with Crippen molar-refractivity contribution < 1.29 is 9.47 Å². The Balaban J connectivity index is 2.05. The highest BCUT2D eigenvalue weighted by Gasteiger charge is 2.00. The first-order chi connectivity index (χ1) is 8.28. The molecule has 0 amide bonds. The molecule has 0 aliphatic carbocycles. The Labute approximate surface area is 108 Å². The van der Waals surface area contributed by atoms with Crippen LogP contribution in [-0.2, 0) is 0 Å². The number of nitrogens with zero attached hydrogens (tertiary/aromatic N) is 2. The number of hydrogen-bond acceptors (Lipinski definition) is 4. The first kappa shape index (κ1) is 11.9. The molecular weight excluding hydrogens is 284 g/mol. The molecule has 2 rings (SSSR count). The second-order valence-electron chi connectivity index (χ2n) is 3.19. The fourth-order valence-electron chi connectivity index (χ4n) is 1.23. The molecule has 0 saturated heterocycles. The van der Waals surface area contributed by atoms with Crippen molar-refractivity contribution in [1.82, 2.24) is 9.97 Å². The van der Waals surface area contributed by atoms with E-state index in [1.165, 1.54) is 0 Å². The normalized spacial score (nSPS) is 10.0. The molecule has 0 atom stereocenters. The van der Waals surface area contributed by atoms with E-state index in [1.54, 1.807) is 12.4 Å². The standard InChI is InChI=1S/C12H11BrN2O2/c1-2-16-10-3-5-11(6-4-10)17-12-14-7-9(13)8-15-12/h3-8H,2H2,1H3. The van der Waals surface area contributed by atoms with Crippen LogP contribution in [0.4, 0.5) is 0 Å². The van der Waals surface area contributed by atoms with Crippen molar-refractivity contribution in [3.05, 3.63) is 41.1 Å². The summed E-state index contributed by atoms with van der Waals surface area (Å²) in [6.07, 6.45) is 3.27. The molecule has 1 aromatic heterocycles. The van der Waals surface area contributed by atoms with Gasteiger partial charge in [0.25, 0.3) is 0 Å². The Kier molecular flexibility index (Phi) is 3.93. The molecule has 0 spiro atoms. The third-order valence-electron chi connectivity index (χ3n) is 1.94. The van der Waals surface area contributed by atoms with Crippen molar-refractivity contribution in [3.8, 4) is 17.5 Å². The highest BCUT2D eigenvalue weighted by Crippen LogP contribution is 2.21. The van der Waals surface area contributed by atoms with Gasteiger partial charge in [0.05, 0.1) is 11.1 Å². The van der Waals surface area contributed by atoms with E-state index in [9.17, 15) is 0 Å². The van der Waals surface area contributed by atoms with Crippen LogP contribution >= 0.6 is 15.9 Å². The second kappa shape index (κ2) is 5.63. The zero-order valence-electron chi connectivity index (χ0n) is 9.26. The van der Waals surface area contributed by atoms with Crippen LogP contribution in [0.5, 0.6) is 17.5 Å². The van der Waals surface area contributed by atoms with Crippen LogP contribution in [0.2, 0.25) is 0 Å². The Morgan fingerprint density at radius 2 is 1.65 bits per heavy atom. The summed E-state index contributed by atoms with van der Waals surface area (Å²) in [4.78, 5) is 8.04. The molecule has 0 bridgehead atoms. The topological polar surface area (TPSA) is 44.2 Å². The maximum atomic E-state index is 5.47. The lowest BCUT2D eigenvalue weighted by atomic mass is 10.3. The second-order valence-corrected chi connectivity index (χ2v) is 4.11. The Morgan fingerprint density at radius 3 is 2.24 bits per heavy atom. The van der Waals surface area contributed by atoms with Gasteiger partial charge in [0.2, 0.25) is 0 Å². The predicted molar refractivity (Wildman–Crippen MR) is 67.4 cm³/mol. The smallest absolute Gasteiger partial charge is 0.321 e. The van der Waals surface area contributed by atoms with Gasteiger partial charge < -0.3 is 9.47 Å². The minimum atomic E-state index is 0.317. The molecule has 5 heteroatoms. The van der Waals surface area contributed by atoms with Gasteiger partial charge in [0.15, 0.2) is 0 Å². The van der Waals surface area contributed by atoms with Crippen LogP contribution in [0.15, 0.2) is 41.1 Å². The van der Waals surface area contributed by atoms with Gasteiger partial charge in [-0.3, -0.25) is 0 Å². The quantitative estimate of drug-likeness (QED) is 0.866. The molecule has 0 saturated carbocycles. The highest BCUT2D eigenvalue weighted by atomic mass is 79.9. The SMILES string of the molecule is CCOc1ccc(Oc2ncc(Br)cn2)cc1. The van der Waals surface area contributed by atoms with E-state index in [0.717, 1.165) is 10.2 Å². The van der Waals surface area contributed by atoms with Crippen molar-refractivity contribution >= 4 is 15.9 Å². The summed E-state index contributed by atoms with van der Waals surface area (Å²) in [5.74, 6) is 1.49. The van der Waals surface area contributed by atoms with Gasteiger partial charge in [-0.1, -0.05) is 0 Å². The summed E-state index contributed by atoms with van der Waals surface area (Å²) in [5.41, 5.74) is 0. The minimum Gasteiger partial charge on any atom is -0.494 e. The van der Waals surface area contributed by atoms with Gasteiger partial charge in [-0.25, -0.2) is 9.97 Å². The summed E-state index contributed by atoms with van der Waals surface area (Å²) in [6, 6.07) is 7.64. The lowest BCUT2D eigenvalue weighted by Gasteiger charge is -2.05. The Hall–Kier alpha value is -1.62. The van der Waals surface area contributed by atoms with Crippen LogP contribution in [-0.4, -0.2) is 16.6 Å². The molecule has 2 aromatic rings. The van der Waals surface area contributed by atoms with Gasteiger partial charge in [0, 0.05) is 12.4 Å². The molecule has 17 heavy (non-hydrogen) atoms. The molecule has 0 fully saturated rings. The van der Waals surface area contributed by atoms with Gasteiger partial charge in [0.1, 0.15) is 11.5 Å². The van der Waals surface area contributed by atoms with E-state index in [4.69, 9.17) is 9.47 Å². The van der Waals surface area contributed by atoms with Crippen LogP contribution < -0.4 is 9.47 Å². The van der Waals surface area contributed by atoms with Crippen molar-refractivity contribution in [1.29, 1.82) is 0 Å². The van der Waals surface area contributed by atoms with Crippen molar-refractivity contribution in [2.24, 2.45) is 0 Å². The van der Waals surface area contributed by atoms with Crippen molar-refractivity contribution in [3.63, 3.8) is 0 Å². The maximum absolute atomic E-state index is 5.47. The lowest BCUT2D eigenvalue weighted by Crippen LogP contribution is -1.92. The van der Waals surface area contributed by atoms with Crippen LogP contribution in [0.3, 0.4) is 0 Å². The van der Waals surface area contributed by atoms with E-state index in [1.807, 2.05) is 31.2 Å². The van der Waals surface area contributed by atoms with E-state index < -0.39 is 0 Å². The van der Waals surface area contributed by atoms with Gasteiger partial charge in [-0.2, -0.15) is 0 Å². The zero-order valence-corrected chi connectivity index (χ0v) is 10.8. The molecule has 0 unspecified atom stereocenters. The van der Waals surface area contributed by atoms with Crippen molar-refractivity contribution in [2.75, 3.05) is 6.61 Å². The van der Waals surface area contributed by atoms with E-state index in [2.05, 4.69) is 25.9 Å². The maximum Gasteiger partial charge on any atom is 0.321 e. The Bertz CT molecular complexity index is 471. The van der Waals surface area contributed by atoms with E-state index in [0.29, 0.717) is 18.4 Å². The number of rotatable bonds is 4. The van der Waals surface area contributed by atoms with Crippen LogP contribution in [0.25, 0.3) is 0 Å². The molecule has 0 aliphatic heterocycles. The molecule has 88 valence electrons. The van der Waals surface area contributed by atoms with Crippen LogP contribution in [0, 0.1) is 0 Å². The number of hydrogen-bond donors (Lipinski definition) is 0. The molecule has 4 nitrogen and oxygen atoms in total. The zero-order chi connectivity index (χ0) is 12.1. The van der Waals surface area contributed by atoms with Crippen molar-refractivity contribution in [2.45, 2.75) is 6.92 Å². The molecular formula is C12H11BrN2O2. The highest BCUT2D eigenvalue weighted by molar-refractivity contribution is 9.10. The summed E-state index contributed by atoms with van der Waals surface area (Å²) >= 11 is 3.26. The summed E-state index contributed by atoms with van der Waals surface area (Å²) in [5, 5.41) is 0. The minimum absolute atomic E-state index is 0.317. The molecule has 1 aromatic carbocycles. The van der Waals surface area contributed by atoms with E-state index in [-0.39, 0.29) is 0 Å². The fraction of sp³-hybridized carbons (Fsp3) is 0.167. The van der Waals surface area contributed by atoms with Gasteiger partial charge >= 0.3 is 6.01 Å². The number of halogens is 1. The summed E-state index contributed by atoms with van der Waals surface area (Å²) in [7, 11) is 0. The molecule has 1 heterocycles. The molecule has 0 N–H and O–H groups in total. The monoisotopic (exact) mass is 294 g/mol. The first-order valence-corrected chi connectivity index (χ1v) is 5.95. The number of ether oxygens (including phenoxy) is 2. The van der Waals surface area contributed by atoms with Gasteiger partial charge in [-0.05, 0) is 47.1 Å². The average Bonchev–Trinajstić information content (AvgIpc) is 2.35.